The molecule has 3 saturated heterocycles. The van der Waals surface area contributed by atoms with Crippen molar-refractivity contribution in [1.82, 2.24) is 58.6 Å². The standard InChI is InChI=1S/C32H42N15O15P3S2/c1-55-22-16(6-57-64(53,66)61-14-4-13(2-3-63(50,51)52)58-30(14)45-10-42-17-24(33)36-7-39-27(17)45)60-32(47-12-44-19-26(35)38-9-41-29(19)47)23(22)62-65(54,67)56-5-15-20(48)21(49)31(59-15)46-11-43-18-25(34)37-8-40-28(18)46/h7-16,20-23,30-32,48-49H,2-6H2,1H3,(H,53,66)(H,54,67)(H2,33,36,39)(H2,34,37,40)(H2,35,38,41)(H2,50,51,52)/t13-,14-,15-,16-,20-,21-,22-,23-,30-,31-,32-,64?,65?/m1/s1. The topological polar surface area (TPSA) is 421 Å². The SMILES string of the molecule is CO[C@H]1[C@@H](OP(O)(=S)OC[C@H]2O[C@@H](n3cnc4c(N)ncnc43)[C@H](O)[C@@H]2O)[C@H](n2cnc3c(N)ncnc32)O[C@@H]1COP(O)(=S)O[C@@H]1C[C@@H](CCP(=O)(O)O)O[C@H]1n1cnc2c(N)ncnc21. The van der Waals surface area contributed by atoms with Gasteiger partial charge in [0.15, 0.2) is 53.1 Å². The second-order valence-electron chi connectivity index (χ2n) is 15.4. The second-order valence-corrected chi connectivity index (χ2v) is 22.7. The molecule has 67 heavy (non-hydrogen) atoms. The molecular weight excluding hydrogens is 991 g/mol. The highest BCUT2D eigenvalue weighted by atomic mass is 32.5. The number of hydrogen-bond donors (Lipinski definition) is 9. The number of imidazole rings is 3. The Kier molecular flexibility index (Phi) is 13.4. The fourth-order valence-corrected chi connectivity index (χ4v) is 11.5. The molecule has 35 heteroatoms. The van der Waals surface area contributed by atoms with Gasteiger partial charge in [-0.3, -0.25) is 22.8 Å². The van der Waals surface area contributed by atoms with Gasteiger partial charge in [0.2, 0.25) is 0 Å². The van der Waals surface area contributed by atoms with E-state index < -0.39 is 108 Å². The average Bonchev–Trinajstić information content (AvgIpc) is 4.13. The van der Waals surface area contributed by atoms with E-state index in [1.54, 1.807) is 0 Å². The third-order valence-corrected chi connectivity index (χ3v) is 15.1. The van der Waals surface area contributed by atoms with Crippen LogP contribution in [0.4, 0.5) is 17.5 Å². The third kappa shape index (κ3) is 9.80. The lowest BCUT2D eigenvalue weighted by atomic mass is 10.1. The minimum Gasteiger partial charge on any atom is -0.387 e. The summed E-state index contributed by atoms with van der Waals surface area (Å²) in [5, 5.41) is 21.9. The van der Waals surface area contributed by atoms with E-state index in [1.165, 1.54) is 58.8 Å². The Hall–Kier alpha value is -3.98. The van der Waals surface area contributed by atoms with Gasteiger partial charge in [-0.15, -0.1) is 0 Å². The highest BCUT2D eigenvalue weighted by molar-refractivity contribution is 8.07. The van der Waals surface area contributed by atoms with Crippen molar-refractivity contribution in [2.24, 2.45) is 0 Å². The minimum atomic E-state index is -4.41. The molecule has 0 bridgehead atoms. The third-order valence-electron chi connectivity index (χ3n) is 11.1. The van der Waals surface area contributed by atoms with E-state index in [0.717, 1.165) is 0 Å². The van der Waals surface area contributed by atoms with Crippen LogP contribution in [0.3, 0.4) is 0 Å². The van der Waals surface area contributed by atoms with Gasteiger partial charge in [-0.2, -0.15) is 0 Å². The van der Waals surface area contributed by atoms with Gasteiger partial charge in [0.25, 0.3) is 0 Å². The summed E-state index contributed by atoms with van der Waals surface area (Å²) in [6.07, 6.45) is -6.26. The Balaban J connectivity index is 0.922. The molecule has 12 N–H and O–H groups in total. The number of ether oxygens (including phenoxy) is 4. The number of rotatable bonds is 17. The molecule has 3 aliphatic rings. The van der Waals surface area contributed by atoms with Crippen molar-refractivity contribution >= 4 is 95.6 Å². The Morgan fingerprint density at radius 3 is 1.66 bits per heavy atom. The Bertz CT molecular complexity index is 2930. The number of hydrogen-bond acceptors (Lipinski definition) is 25. The van der Waals surface area contributed by atoms with Crippen molar-refractivity contribution in [3.8, 4) is 0 Å². The molecule has 9 rings (SSSR count). The first-order valence-electron chi connectivity index (χ1n) is 19.8. The van der Waals surface area contributed by atoms with Crippen molar-refractivity contribution in [3.05, 3.63) is 38.0 Å². The van der Waals surface area contributed by atoms with Crippen molar-refractivity contribution in [3.63, 3.8) is 0 Å². The van der Waals surface area contributed by atoms with Crippen LogP contribution in [0, 0.1) is 0 Å². The van der Waals surface area contributed by atoms with Crippen molar-refractivity contribution in [1.29, 1.82) is 0 Å². The molecule has 3 aliphatic heterocycles. The molecule has 9 heterocycles. The van der Waals surface area contributed by atoms with Gasteiger partial charge in [-0.1, -0.05) is 0 Å². The highest BCUT2D eigenvalue weighted by Crippen LogP contribution is 2.54. The van der Waals surface area contributed by atoms with Crippen LogP contribution >= 0.6 is 21.0 Å². The summed E-state index contributed by atoms with van der Waals surface area (Å²) >= 11 is 10.9. The maximum atomic E-state index is 11.7. The molecule has 362 valence electrons. The summed E-state index contributed by atoms with van der Waals surface area (Å²) in [5.41, 5.74) is 19.3. The van der Waals surface area contributed by atoms with Crippen molar-refractivity contribution < 1.29 is 71.4 Å². The molecule has 0 radical (unpaired) electrons. The van der Waals surface area contributed by atoms with Gasteiger partial charge in [-0.05, 0) is 30.0 Å². The van der Waals surface area contributed by atoms with E-state index in [-0.39, 0.29) is 63.8 Å². The van der Waals surface area contributed by atoms with E-state index in [1.807, 2.05) is 0 Å². The Morgan fingerprint density at radius 1 is 0.657 bits per heavy atom. The van der Waals surface area contributed by atoms with Crippen molar-refractivity contribution in [2.45, 2.75) is 80.4 Å². The maximum absolute atomic E-state index is 11.7. The average molecular weight is 1030 g/mol. The van der Waals surface area contributed by atoms with Crippen LogP contribution in [0.2, 0.25) is 0 Å². The molecule has 2 unspecified atom stereocenters. The van der Waals surface area contributed by atoms with Crippen LogP contribution in [0.15, 0.2) is 38.0 Å². The normalized spacial score (nSPS) is 29.9. The molecule has 0 aliphatic carbocycles. The quantitative estimate of drug-likeness (QED) is 0.0488. The van der Waals surface area contributed by atoms with E-state index in [9.17, 15) is 34.4 Å². The number of nitrogens with two attached hydrogens (primary N) is 3. The number of aromatic nitrogens is 12. The zero-order valence-corrected chi connectivity index (χ0v) is 38.8. The van der Waals surface area contributed by atoms with Crippen LogP contribution in [-0.2, 0) is 65.2 Å². The second kappa shape index (κ2) is 18.7. The number of anilines is 3. The van der Waals surface area contributed by atoms with Gasteiger partial charge in [0.1, 0.15) is 78.3 Å². The predicted octanol–water partition coefficient (Wildman–Crippen LogP) is -1.12. The minimum absolute atomic E-state index is 0.0126. The van der Waals surface area contributed by atoms with Gasteiger partial charge in [0, 0.05) is 13.5 Å². The van der Waals surface area contributed by atoms with Gasteiger partial charge < -0.3 is 79.5 Å². The predicted molar refractivity (Wildman–Crippen MR) is 235 cm³/mol. The van der Waals surface area contributed by atoms with E-state index >= 15 is 0 Å². The van der Waals surface area contributed by atoms with E-state index in [2.05, 4.69) is 44.9 Å². The molecule has 30 nitrogen and oxygen atoms in total. The monoisotopic (exact) mass is 1030 g/mol. The number of aliphatic hydroxyl groups is 2. The Labute approximate surface area is 386 Å². The zero-order chi connectivity index (χ0) is 47.6. The number of nitrogen functional groups attached to an aromatic ring is 3. The molecule has 0 spiro atoms. The largest absolute Gasteiger partial charge is 0.387 e. The van der Waals surface area contributed by atoms with Crippen LogP contribution in [0.25, 0.3) is 33.5 Å². The summed E-state index contributed by atoms with van der Waals surface area (Å²) in [7, 11) is -3.10. The molecule has 0 amide bonds. The summed E-state index contributed by atoms with van der Waals surface area (Å²) in [6.45, 7) is -9.71. The van der Waals surface area contributed by atoms with Crippen LogP contribution < -0.4 is 17.2 Å². The molecule has 6 aromatic rings. The first-order valence-corrected chi connectivity index (χ1v) is 26.8. The van der Waals surface area contributed by atoms with Gasteiger partial charge >= 0.3 is 21.0 Å². The molecule has 0 aromatic carbocycles. The number of fused-ring (bicyclic) bond motifs is 3. The summed E-state index contributed by atoms with van der Waals surface area (Å²) in [6, 6.07) is 0. The zero-order valence-electron chi connectivity index (χ0n) is 34.5. The lowest BCUT2D eigenvalue weighted by Crippen LogP contribution is -2.37. The van der Waals surface area contributed by atoms with Gasteiger partial charge in [-0.25, -0.2) is 44.9 Å². The molecule has 6 aromatic heterocycles. The first-order chi connectivity index (χ1) is 31.8. The number of nitrogens with zero attached hydrogens (tertiary/aromatic N) is 12. The summed E-state index contributed by atoms with van der Waals surface area (Å²) < 4.78 is 64.1. The fraction of sp³-hybridized carbons (Fsp3) is 0.531. The molecule has 0 saturated carbocycles. The van der Waals surface area contributed by atoms with E-state index in [0.29, 0.717) is 0 Å². The maximum Gasteiger partial charge on any atom is 0.325 e. The van der Waals surface area contributed by atoms with Crippen LogP contribution in [-0.4, -0.2) is 164 Å². The number of methoxy groups -OCH3 is 1. The lowest BCUT2D eigenvalue weighted by Gasteiger charge is -2.28. The molecule has 13 atom stereocenters. The smallest absolute Gasteiger partial charge is 0.325 e. The molecular formula is C32H42N15O15P3S2. The highest BCUT2D eigenvalue weighted by Gasteiger charge is 2.52. The van der Waals surface area contributed by atoms with Crippen molar-refractivity contribution in [2.75, 3.05) is 43.7 Å². The Morgan fingerprint density at radius 2 is 1.13 bits per heavy atom. The van der Waals surface area contributed by atoms with Crippen LogP contribution in [0.5, 0.6) is 0 Å². The van der Waals surface area contributed by atoms with Gasteiger partial charge in [0.05, 0.1) is 44.5 Å². The number of aliphatic hydroxyl groups excluding tert-OH is 2. The first kappa shape index (κ1) is 48.1. The summed E-state index contributed by atoms with van der Waals surface area (Å²) in [5.74, 6) is 0.216. The van der Waals surface area contributed by atoms with E-state index in [4.69, 9.17) is 77.9 Å². The van der Waals surface area contributed by atoms with Crippen LogP contribution in [0.1, 0.15) is 31.5 Å². The summed E-state index contributed by atoms with van der Waals surface area (Å²) in [4.78, 5) is 79.5. The fourth-order valence-electron chi connectivity index (χ4n) is 8.00. The lowest BCUT2D eigenvalue weighted by molar-refractivity contribution is -0.0583. The molecule has 3 fully saturated rings.